The van der Waals surface area contributed by atoms with Gasteiger partial charge in [-0.3, -0.25) is 9.48 Å². The molecule has 1 aliphatic rings. The van der Waals surface area contributed by atoms with Crippen LogP contribution in [0.3, 0.4) is 0 Å². The number of hydrogen-bond donors (Lipinski definition) is 0. The first-order chi connectivity index (χ1) is 15.8. The molecular formula is C21H25FN6O4S. The molecule has 0 unspecified atom stereocenters. The molecule has 1 fully saturated rings. The second-order valence-corrected chi connectivity index (χ2v) is 9.50. The molecule has 0 bridgehead atoms. The van der Waals surface area contributed by atoms with Gasteiger partial charge >= 0.3 is 0 Å². The van der Waals surface area contributed by atoms with Gasteiger partial charge in [0.15, 0.2) is 12.4 Å². The third-order valence-corrected chi connectivity index (χ3v) is 7.41. The lowest BCUT2D eigenvalue weighted by Crippen LogP contribution is -2.50. The Balaban J connectivity index is 1.34. The molecule has 1 aromatic carbocycles. The largest absolute Gasteiger partial charge is 0.471 e. The van der Waals surface area contributed by atoms with E-state index in [1.165, 1.54) is 33.3 Å². The zero-order valence-electron chi connectivity index (χ0n) is 18.4. The van der Waals surface area contributed by atoms with Crippen LogP contribution < -0.4 is 4.74 Å². The Labute approximate surface area is 191 Å². The van der Waals surface area contributed by atoms with Crippen LogP contribution in [0, 0.1) is 12.7 Å². The Bertz CT molecular complexity index is 1230. The first-order valence-electron chi connectivity index (χ1n) is 10.5. The molecule has 1 aliphatic heterocycles. The first kappa shape index (κ1) is 22.9. The van der Waals surface area contributed by atoms with Crippen molar-refractivity contribution in [2.45, 2.75) is 32.0 Å². The summed E-state index contributed by atoms with van der Waals surface area (Å²) in [5.41, 5.74) is 0.706. The van der Waals surface area contributed by atoms with E-state index < -0.39 is 10.0 Å². The fraction of sp³-hybridized carbons (Fsp3) is 0.381. The molecule has 3 heterocycles. The number of aryl methyl sites for hydroxylation is 2. The number of rotatable bonds is 7. The summed E-state index contributed by atoms with van der Waals surface area (Å²) in [4.78, 5) is 14.6. The summed E-state index contributed by atoms with van der Waals surface area (Å²) >= 11 is 0. The standard InChI is InChI=1S/C21H25FN6O4S/c1-3-26-14-20(16(2)23-26)33(30,31)28-12-10-25(11-13-28)21(29)19-8-9-27(24-19)15-32-18-6-4-17(22)5-7-18/h4-9,14H,3,10-13,15H2,1-2H3. The number of nitrogens with zero attached hydrogens (tertiary/aromatic N) is 6. The van der Waals surface area contributed by atoms with E-state index in [0.717, 1.165) is 0 Å². The summed E-state index contributed by atoms with van der Waals surface area (Å²) in [5, 5.41) is 8.46. The molecule has 4 rings (SSSR count). The summed E-state index contributed by atoms with van der Waals surface area (Å²) < 4.78 is 49.0. The molecule has 10 nitrogen and oxygen atoms in total. The molecule has 0 atom stereocenters. The highest BCUT2D eigenvalue weighted by atomic mass is 32.2. The average Bonchev–Trinajstić information content (AvgIpc) is 3.45. The van der Waals surface area contributed by atoms with Crippen molar-refractivity contribution >= 4 is 15.9 Å². The van der Waals surface area contributed by atoms with E-state index in [1.807, 2.05) is 6.92 Å². The number of halogens is 1. The first-order valence-corrected chi connectivity index (χ1v) is 12.0. The molecule has 33 heavy (non-hydrogen) atoms. The van der Waals surface area contributed by atoms with Crippen LogP contribution in [0.25, 0.3) is 0 Å². The van der Waals surface area contributed by atoms with Crippen molar-refractivity contribution in [2.75, 3.05) is 26.2 Å². The maximum Gasteiger partial charge on any atom is 0.274 e. The lowest BCUT2D eigenvalue weighted by Gasteiger charge is -2.33. The van der Waals surface area contributed by atoms with E-state index >= 15 is 0 Å². The number of benzene rings is 1. The third kappa shape index (κ3) is 4.91. The average molecular weight is 477 g/mol. The van der Waals surface area contributed by atoms with E-state index in [0.29, 0.717) is 18.0 Å². The minimum Gasteiger partial charge on any atom is -0.471 e. The molecule has 0 radical (unpaired) electrons. The van der Waals surface area contributed by atoms with Crippen LogP contribution in [0.2, 0.25) is 0 Å². The van der Waals surface area contributed by atoms with Crippen molar-refractivity contribution in [3.63, 3.8) is 0 Å². The van der Waals surface area contributed by atoms with Gasteiger partial charge in [-0.05, 0) is 44.2 Å². The van der Waals surface area contributed by atoms with Crippen LogP contribution in [0.1, 0.15) is 23.1 Å². The zero-order chi connectivity index (χ0) is 23.6. The van der Waals surface area contributed by atoms with Gasteiger partial charge in [-0.15, -0.1) is 0 Å². The summed E-state index contributed by atoms with van der Waals surface area (Å²) in [7, 11) is -3.68. The van der Waals surface area contributed by atoms with Gasteiger partial charge in [0.05, 0.1) is 5.69 Å². The number of piperazine rings is 1. The minimum atomic E-state index is -3.68. The summed E-state index contributed by atoms with van der Waals surface area (Å²) in [6.07, 6.45) is 3.16. The van der Waals surface area contributed by atoms with Gasteiger partial charge in [-0.1, -0.05) is 0 Å². The van der Waals surface area contributed by atoms with Gasteiger partial charge in [-0.2, -0.15) is 14.5 Å². The fourth-order valence-electron chi connectivity index (χ4n) is 3.57. The number of hydrogen-bond acceptors (Lipinski definition) is 6. The summed E-state index contributed by atoms with van der Waals surface area (Å²) in [6, 6.07) is 7.19. The molecular weight excluding hydrogens is 451 g/mol. The summed E-state index contributed by atoms with van der Waals surface area (Å²) in [6.45, 7) is 5.13. The molecule has 3 aromatic rings. The summed E-state index contributed by atoms with van der Waals surface area (Å²) in [5.74, 6) is -0.146. The lowest BCUT2D eigenvalue weighted by molar-refractivity contribution is 0.0690. The second kappa shape index (κ2) is 9.32. The van der Waals surface area contributed by atoms with E-state index in [4.69, 9.17) is 4.74 Å². The Morgan fingerprint density at radius 2 is 1.76 bits per heavy atom. The van der Waals surface area contributed by atoms with Crippen LogP contribution in [0.15, 0.2) is 47.6 Å². The topological polar surface area (TPSA) is 103 Å². The van der Waals surface area contributed by atoms with Gasteiger partial charge in [-0.25, -0.2) is 17.5 Å². The van der Waals surface area contributed by atoms with Gasteiger partial charge < -0.3 is 9.64 Å². The molecule has 1 amide bonds. The molecule has 12 heteroatoms. The number of ether oxygens (including phenoxy) is 1. The van der Waals surface area contributed by atoms with Crippen molar-refractivity contribution in [3.05, 3.63) is 59.9 Å². The molecule has 0 spiro atoms. The normalized spacial score (nSPS) is 15.1. The van der Waals surface area contributed by atoms with Crippen LogP contribution in [-0.2, 0) is 23.3 Å². The number of amides is 1. The van der Waals surface area contributed by atoms with E-state index in [9.17, 15) is 17.6 Å². The second-order valence-electron chi connectivity index (χ2n) is 7.60. The van der Waals surface area contributed by atoms with Crippen molar-refractivity contribution in [3.8, 4) is 5.75 Å². The van der Waals surface area contributed by atoms with Crippen LogP contribution >= 0.6 is 0 Å². The smallest absolute Gasteiger partial charge is 0.274 e. The van der Waals surface area contributed by atoms with E-state index in [2.05, 4.69) is 10.2 Å². The minimum absolute atomic E-state index is 0.0652. The Kier molecular flexibility index (Phi) is 6.47. The highest BCUT2D eigenvalue weighted by Gasteiger charge is 2.33. The van der Waals surface area contributed by atoms with E-state index in [1.54, 1.807) is 35.0 Å². The molecule has 2 aromatic heterocycles. The highest BCUT2D eigenvalue weighted by molar-refractivity contribution is 7.89. The predicted molar refractivity (Wildman–Crippen MR) is 117 cm³/mol. The Hall–Kier alpha value is -3.25. The molecule has 1 saturated heterocycles. The molecule has 0 aliphatic carbocycles. The van der Waals surface area contributed by atoms with Crippen LogP contribution in [-0.4, -0.2) is 69.3 Å². The Morgan fingerprint density at radius 1 is 1.06 bits per heavy atom. The van der Waals surface area contributed by atoms with Crippen molar-refractivity contribution < 1.29 is 22.3 Å². The molecule has 176 valence electrons. The highest BCUT2D eigenvalue weighted by Crippen LogP contribution is 2.21. The van der Waals surface area contributed by atoms with Crippen molar-refractivity contribution in [1.82, 2.24) is 28.8 Å². The zero-order valence-corrected chi connectivity index (χ0v) is 19.2. The van der Waals surface area contributed by atoms with Gasteiger partial charge in [0, 0.05) is 45.1 Å². The fourth-order valence-corrected chi connectivity index (χ4v) is 5.16. The van der Waals surface area contributed by atoms with Crippen LogP contribution in [0.5, 0.6) is 5.75 Å². The van der Waals surface area contributed by atoms with Crippen molar-refractivity contribution in [1.29, 1.82) is 0 Å². The number of sulfonamides is 1. The number of aromatic nitrogens is 4. The maximum atomic E-state index is 13.0. The predicted octanol–water partition coefficient (Wildman–Crippen LogP) is 1.73. The van der Waals surface area contributed by atoms with E-state index in [-0.39, 0.29) is 55.2 Å². The monoisotopic (exact) mass is 476 g/mol. The number of carbonyl (C=O) groups is 1. The van der Waals surface area contributed by atoms with Gasteiger partial charge in [0.1, 0.15) is 16.5 Å². The Morgan fingerprint density at radius 3 is 2.39 bits per heavy atom. The van der Waals surface area contributed by atoms with Crippen molar-refractivity contribution in [2.24, 2.45) is 0 Å². The number of carbonyl (C=O) groups excluding carboxylic acids is 1. The van der Waals surface area contributed by atoms with Gasteiger partial charge in [0.25, 0.3) is 5.91 Å². The molecule has 0 N–H and O–H groups in total. The lowest BCUT2D eigenvalue weighted by atomic mass is 10.3. The molecule has 0 saturated carbocycles. The third-order valence-electron chi connectivity index (χ3n) is 5.41. The maximum absolute atomic E-state index is 13.0. The SMILES string of the molecule is CCn1cc(S(=O)(=O)N2CCN(C(=O)c3ccn(COc4ccc(F)cc4)n3)CC2)c(C)n1. The van der Waals surface area contributed by atoms with Crippen LogP contribution in [0.4, 0.5) is 4.39 Å². The quantitative estimate of drug-likeness (QED) is 0.515. The van der Waals surface area contributed by atoms with Gasteiger partial charge in [0.2, 0.25) is 10.0 Å².